The van der Waals surface area contributed by atoms with E-state index in [-0.39, 0.29) is 17.2 Å². The van der Waals surface area contributed by atoms with E-state index < -0.39 is 28.5 Å². The summed E-state index contributed by atoms with van der Waals surface area (Å²) in [7, 11) is 1.47. The molecule has 2 heterocycles. The van der Waals surface area contributed by atoms with Gasteiger partial charge in [-0.25, -0.2) is 0 Å². The molecule has 0 radical (unpaired) electrons. The number of amides is 3. The van der Waals surface area contributed by atoms with Crippen molar-refractivity contribution in [3.8, 4) is 11.5 Å². The average Bonchev–Trinajstić information content (AvgIpc) is 3.29. The van der Waals surface area contributed by atoms with Gasteiger partial charge < -0.3 is 24.4 Å². The number of anilines is 2. The maximum Gasteiger partial charge on any atom is 0.294 e. The lowest BCUT2D eigenvalue weighted by atomic mass is 10.1. The monoisotopic (exact) mass is 682 g/mol. The zero-order valence-corrected chi connectivity index (χ0v) is 25.9. The van der Waals surface area contributed by atoms with Gasteiger partial charge in [0.15, 0.2) is 11.5 Å². The van der Waals surface area contributed by atoms with Gasteiger partial charge >= 0.3 is 0 Å². The molecule has 2 fully saturated rings. The molecule has 0 spiro atoms. The summed E-state index contributed by atoms with van der Waals surface area (Å²) in [5.41, 5.74) is 2.84. The summed E-state index contributed by atoms with van der Waals surface area (Å²) in [6, 6.07) is 16.7. The van der Waals surface area contributed by atoms with Crippen LogP contribution < -0.4 is 19.7 Å². The van der Waals surface area contributed by atoms with Gasteiger partial charge in [-0.05, 0) is 77.5 Å². The molecule has 0 bridgehead atoms. The highest BCUT2D eigenvalue weighted by Crippen LogP contribution is 2.38. The van der Waals surface area contributed by atoms with Crippen molar-refractivity contribution in [2.75, 3.05) is 50.2 Å². The van der Waals surface area contributed by atoms with Crippen molar-refractivity contribution in [2.45, 2.75) is 6.61 Å². The first kappa shape index (κ1) is 31.0. The normalized spacial score (nSPS) is 15.9. The summed E-state index contributed by atoms with van der Waals surface area (Å²) in [5.74, 6) is -0.301. The van der Waals surface area contributed by atoms with Crippen LogP contribution in [0.15, 0.2) is 70.0 Å². The Balaban J connectivity index is 1.21. The van der Waals surface area contributed by atoms with Crippen LogP contribution in [0.2, 0.25) is 0 Å². The highest BCUT2D eigenvalue weighted by atomic mass is 79.9. The third-order valence-electron chi connectivity index (χ3n) is 6.81. The molecule has 0 atom stereocenters. The molecule has 228 valence electrons. The number of non-ortho nitro benzene ring substituents is 1. The number of rotatable bonds is 10. The fraction of sp³-hybridized carbons (Fsp3) is 0.233. The minimum absolute atomic E-state index is 0.0159. The van der Waals surface area contributed by atoms with Crippen molar-refractivity contribution in [1.82, 2.24) is 4.90 Å². The van der Waals surface area contributed by atoms with Gasteiger partial charge in [0, 0.05) is 41.1 Å². The van der Waals surface area contributed by atoms with Crippen LogP contribution in [0.5, 0.6) is 11.5 Å². The van der Waals surface area contributed by atoms with Crippen molar-refractivity contribution in [3.05, 3.63) is 91.3 Å². The Morgan fingerprint density at radius 3 is 2.45 bits per heavy atom. The number of nitro benzene ring substituents is 1. The van der Waals surface area contributed by atoms with E-state index in [0.29, 0.717) is 40.4 Å². The molecule has 12 nitrogen and oxygen atoms in total. The number of nitrogens with one attached hydrogen (secondary N) is 1. The molecule has 44 heavy (non-hydrogen) atoms. The molecule has 3 amide bonds. The average molecular weight is 684 g/mol. The lowest BCUT2D eigenvalue weighted by molar-refractivity contribution is -0.384. The molecule has 0 aromatic heterocycles. The van der Waals surface area contributed by atoms with Crippen molar-refractivity contribution in [1.29, 1.82) is 0 Å². The van der Waals surface area contributed by atoms with Gasteiger partial charge in [0.25, 0.3) is 16.8 Å². The van der Waals surface area contributed by atoms with Gasteiger partial charge in [-0.2, -0.15) is 0 Å². The molecule has 2 saturated heterocycles. The molecule has 2 aliphatic rings. The number of morpholine rings is 1. The molecule has 3 aromatic rings. The molecule has 5 rings (SSSR count). The predicted octanol–water partition coefficient (Wildman–Crippen LogP) is 5.46. The Morgan fingerprint density at radius 1 is 1.09 bits per heavy atom. The van der Waals surface area contributed by atoms with E-state index in [0.717, 1.165) is 41.0 Å². The van der Waals surface area contributed by atoms with E-state index in [1.807, 2.05) is 12.1 Å². The maximum atomic E-state index is 13.1. The molecule has 0 aliphatic carbocycles. The Bertz CT molecular complexity index is 1610. The first-order valence-electron chi connectivity index (χ1n) is 13.4. The summed E-state index contributed by atoms with van der Waals surface area (Å²) in [5, 5.41) is 13.1. The SMILES string of the molecule is COc1cc(/C=C2/SC(=O)N(CC(=O)Nc3ccc(N4CCOCC4)cc3)C2=O)c(Br)cc1OCc1ccc([N+](=O)[O-])cc1. The van der Waals surface area contributed by atoms with Gasteiger partial charge in [0.2, 0.25) is 5.91 Å². The van der Waals surface area contributed by atoms with Crippen LogP contribution in [-0.2, 0) is 20.9 Å². The van der Waals surface area contributed by atoms with Crippen molar-refractivity contribution < 1.29 is 33.5 Å². The highest BCUT2D eigenvalue weighted by molar-refractivity contribution is 9.10. The number of carbonyl (C=O) groups excluding carboxylic acids is 3. The summed E-state index contributed by atoms with van der Waals surface area (Å²) < 4.78 is 17.3. The van der Waals surface area contributed by atoms with Crippen LogP contribution in [0.4, 0.5) is 21.9 Å². The van der Waals surface area contributed by atoms with E-state index in [2.05, 4.69) is 26.1 Å². The fourth-order valence-electron chi connectivity index (χ4n) is 4.51. The number of hydrogen-bond acceptors (Lipinski definition) is 10. The third-order valence-corrected chi connectivity index (χ3v) is 8.41. The standard InChI is InChI=1S/C30H27BrN4O8S/c1-41-25-14-20(24(31)16-26(25)43-18-19-2-6-23(7-3-19)35(39)40)15-27-29(37)34(30(38)44-27)17-28(36)32-21-4-8-22(9-5-21)33-10-12-42-13-11-33/h2-9,14-16H,10-13,17-18H2,1H3,(H,32,36)/b27-15+. The van der Waals surface area contributed by atoms with Crippen LogP contribution in [0.25, 0.3) is 6.08 Å². The smallest absolute Gasteiger partial charge is 0.294 e. The zero-order chi connectivity index (χ0) is 31.2. The number of methoxy groups -OCH3 is 1. The van der Waals surface area contributed by atoms with E-state index in [9.17, 15) is 24.5 Å². The first-order chi connectivity index (χ1) is 21.2. The number of carbonyl (C=O) groups is 3. The van der Waals surface area contributed by atoms with E-state index in [1.165, 1.54) is 19.2 Å². The number of halogens is 1. The quantitative estimate of drug-likeness (QED) is 0.167. The van der Waals surface area contributed by atoms with E-state index in [1.54, 1.807) is 42.5 Å². The Morgan fingerprint density at radius 2 is 1.80 bits per heavy atom. The molecular weight excluding hydrogens is 656 g/mol. The van der Waals surface area contributed by atoms with Crippen molar-refractivity contribution in [2.24, 2.45) is 0 Å². The highest BCUT2D eigenvalue weighted by Gasteiger charge is 2.36. The van der Waals surface area contributed by atoms with E-state index >= 15 is 0 Å². The number of nitro groups is 1. The Labute approximate surface area is 265 Å². The number of benzene rings is 3. The lowest BCUT2D eigenvalue weighted by Gasteiger charge is -2.28. The van der Waals surface area contributed by atoms with Gasteiger partial charge in [-0.1, -0.05) is 15.9 Å². The second-order valence-corrected chi connectivity index (χ2v) is 11.5. The fourth-order valence-corrected chi connectivity index (χ4v) is 5.77. The zero-order valence-electron chi connectivity index (χ0n) is 23.5. The number of thioether (sulfide) groups is 1. The van der Waals surface area contributed by atoms with Crippen LogP contribution in [0, 0.1) is 10.1 Å². The molecule has 0 saturated carbocycles. The van der Waals surface area contributed by atoms with Gasteiger partial charge in [0.05, 0.1) is 30.2 Å². The summed E-state index contributed by atoms with van der Waals surface area (Å²) in [4.78, 5) is 52.1. The summed E-state index contributed by atoms with van der Waals surface area (Å²) in [6.45, 7) is 2.64. The van der Waals surface area contributed by atoms with Crippen LogP contribution in [0.3, 0.4) is 0 Å². The lowest BCUT2D eigenvalue weighted by Crippen LogP contribution is -2.36. The second-order valence-electron chi connectivity index (χ2n) is 9.70. The molecular formula is C30H27BrN4O8S. The second kappa shape index (κ2) is 13.9. The van der Waals surface area contributed by atoms with Crippen LogP contribution in [-0.4, -0.2) is 66.8 Å². The molecule has 3 aromatic carbocycles. The van der Waals surface area contributed by atoms with Crippen LogP contribution >= 0.6 is 27.7 Å². The minimum Gasteiger partial charge on any atom is -0.493 e. The number of hydrogen-bond donors (Lipinski definition) is 1. The first-order valence-corrected chi connectivity index (χ1v) is 15.0. The Hall–Kier alpha value is -4.40. The molecule has 2 aliphatic heterocycles. The minimum atomic E-state index is -0.581. The van der Waals surface area contributed by atoms with E-state index in [4.69, 9.17) is 14.2 Å². The summed E-state index contributed by atoms with van der Waals surface area (Å²) >= 11 is 4.22. The maximum absolute atomic E-state index is 13.1. The van der Waals surface area contributed by atoms with Gasteiger partial charge in [-0.3, -0.25) is 29.4 Å². The molecule has 1 N–H and O–H groups in total. The van der Waals surface area contributed by atoms with Crippen molar-refractivity contribution in [3.63, 3.8) is 0 Å². The molecule has 14 heteroatoms. The molecule has 0 unspecified atom stereocenters. The van der Waals surface area contributed by atoms with Gasteiger partial charge in [0.1, 0.15) is 13.2 Å². The number of imide groups is 1. The summed E-state index contributed by atoms with van der Waals surface area (Å²) in [6.07, 6.45) is 1.54. The predicted molar refractivity (Wildman–Crippen MR) is 169 cm³/mol. The number of nitrogens with zero attached hydrogens (tertiary/aromatic N) is 3. The van der Waals surface area contributed by atoms with Crippen LogP contribution in [0.1, 0.15) is 11.1 Å². The third kappa shape index (κ3) is 7.38. The number of ether oxygens (including phenoxy) is 3. The Kier molecular flexibility index (Phi) is 9.82. The van der Waals surface area contributed by atoms with Gasteiger partial charge in [-0.15, -0.1) is 0 Å². The topological polar surface area (TPSA) is 141 Å². The van der Waals surface area contributed by atoms with Crippen molar-refractivity contribution >= 4 is 67.9 Å². The largest absolute Gasteiger partial charge is 0.493 e.